The Morgan fingerprint density at radius 1 is 0.866 bits per heavy atom. The third-order valence-electron chi connectivity index (χ3n) is 16.6. The van der Waals surface area contributed by atoms with Crippen molar-refractivity contribution in [2.75, 3.05) is 66.0 Å². The Balaban J connectivity index is 1.03. The second kappa shape index (κ2) is 19.5. The van der Waals surface area contributed by atoms with E-state index in [4.69, 9.17) is 0 Å². The molecule has 2 aromatic heterocycles. The quantitative estimate of drug-likeness (QED) is 0.116. The number of piperazine rings is 1. The fourth-order valence-corrected chi connectivity index (χ4v) is 12.0. The molecule has 0 radical (unpaired) electrons. The van der Waals surface area contributed by atoms with Gasteiger partial charge in [-0.1, -0.05) is 63.8 Å². The lowest BCUT2D eigenvalue weighted by Crippen LogP contribution is -2.60. The van der Waals surface area contributed by atoms with Gasteiger partial charge in [0.05, 0.1) is 22.5 Å². The molecule has 9 rings (SSSR count). The van der Waals surface area contributed by atoms with Gasteiger partial charge in [-0.05, 0) is 131 Å². The van der Waals surface area contributed by atoms with Crippen LogP contribution in [0.1, 0.15) is 125 Å². The van der Waals surface area contributed by atoms with E-state index < -0.39 is 17.4 Å². The summed E-state index contributed by atoms with van der Waals surface area (Å²) in [5, 5.41) is 17.1. The molecule has 360 valence electrons. The first-order valence-corrected chi connectivity index (χ1v) is 25.5. The highest BCUT2D eigenvalue weighted by atomic mass is 16.4. The lowest BCUT2D eigenvalue weighted by molar-refractivity contribution is -0.144. The monoisotopic (exact) mass is 917 g/mol. The smallest absolute Gasteiger partial charge is 0.320 e. The number of fused-ring (bicyclic) bond motifs is 2. The molecule has 14 nitrogen and oxygen atoms in total. The van der Waals surface area contributed by atoms with Crippen LogP contribution in [-0.4, -0.2) is 146 Å². The third-order valence-corrected chi connectivity index (χ3v) is 16.6. The van der Waals surface area contributed by atoms with Gasteiger partial charge in [0.15, 0.2) is 0 Å². The number of H-pyrrole nitrogens is 1. The van der Waals surface area contributed by atoms with Gasteiger partial charge >= 0.3 is 12.0 Å². The molecule has 67 heavy (non-hydrogen) atoms. The number of nitrogens with one attached hydrogen (secondary N) is 1. The van der Waals surface area contributed by atoms with Crippen LogP contribution in [0.5, 0.6) is 0 Å². The molecular formula is C53H72N8O6. The van der Waals surface area contributed by atoms with Crippen LogP contribution in [-0.2, 0) is 16.0 Å². The summed E-state index contributed by atoms with van der Waals surface area (Å²) in [6, 6.07) is 13.2. The predicted molar refractivity (Wildman–Crippen MR) is 260 cm³/mol. The van der Waals surface area contributed by atoms with Crippen molar-refractivity contribution in [3.05, 3.63) is 75.7 Å². The van der Waals surface area contributed by atoms with Crippen LogP contribution in [0.3, 0.4) is 0 Å². The van der Waals surface area contributed by atoms with Crippen LogP contribution in [0.2, 0.25) is 0 Å². The topological polar surface area (TPSA) is 155 Å². The van der Waals surface area contributed by atoms with E-state index in [1.54, 1.807) is 15.8 Å². The number of hydrogen-bond acceptors (Lipinski definition) is 8. The Labute approximate surface area is 395 Å². The summed E-state index contributed by atoms with van der Waals surface area (Å²) in [5.41, 5.74) is 2.66. The summed E-state index contributed by atoms with van der Waals surface area (Å²) in [7, 11) is 2.17. The van der Waals surface area contributed by atoms with Crippen molar-refractivity contribution in [1.82, 2.24) is 39.3 Å². The van der Waals surface area contributed by atoms with Crippen molar-refractivity contribution in [2.24, 2.45) is 16.7 Å². The number of pyridine rings is 1. The number of urea groups is 1. The fourth-order valence-electron chi connectivity index (χ4n) is 12.0. The zero-order chi connectivity index (χ0) is 47.0. The number of carboxylic acid groups (broad SMARTS) is 1. The highest BCUT2D eigenvalue weighted by Crippen LogP contribution is 2.57. The zero-order valence-corrected chi connectivity index (χ0v) is 40.3. The molecule has 2 unspecified atom stereocenters. The summed E-state index contributed by atoms with van der Waals surface area (Å²) in [6.07, 6.45) is 12.7. The van der Waals surface area contributed by atoms with Crippen LogP contribution in [0.4, 0.5) is 4.79 Å². The van der Waals surface area contributed by atoms with Crippen LogP contribution < -0.4 is 5.56 Å². The number of aromatic amines is 1. The molecule has 3 aliphatic heterocycles. The van der Waals surface area contributed by atoms with Gasteiger partial charge in [0.25, 0.3) is 11.5 Å². The molecule has 5 aliphatic rings. The number of rotatable bonds is 16. The number of hydrogen-bond donors (Lipinski definition) is 2. The molecule has 14 heteroatoms. The summed E-state index contributed by atoms with van der Waals surface area (Å²) >= 11 is 0. The van der Waals surface area contributed by atoms with E-state index in [-0.39, 0.29) is 53.6 Å². The number of nitrogens with zero attached hydrogens (tertiary/aromatic N) is 7. The van der Waals surface area contributed by atoms with E-state index in [1.807, 2.05) is 59.2 Å². The summed E-state index contributed by atoms with van der Waals surface area (Å²) in [5.74, 6) is -1.21. The average Bonchev–Trinajstić information content (AvgIpc) is 4.24. The number of carboxylic acids is 1. The molecule has 4 aromatic rings. The molecule has 2 aliphatic carbocycles. The largest absolute Gasteiger partial charge is 0.481 e. The van der Waals surface area contributed by atoms with E-state index in [0.717, 1.165) is 122 Å². The highest BCUT2D eigenvalue weighted by molar-refractivity contribution is 5.97. The number of carbonyl (C=O) groups excluding carboxylic acids is 3. The van der Waals surface area contributed by atoms with Crippen molar-refractivity contribution in [3.8, 4) is 0 Å². The summed E-state index contributed by atoms with van der Waals surface area (Å²) in [4.78, 5) is 84.7. The number of carbonyl (C=O) groups is 4. The summed E-state index contributed by atoms with van der Waals surface area (Å²) < 4.78 is 1.60. The predicted octanol–water partition coefficient (Wildman–Crippen LogP) is 7.53. The molecule has 3 atom stereocenters. The minimum atomic E-state index is -0.932. The minimum absolute atomic E-state index is 0.0368. The second-order valence-electron chi connectivity index (χ2n) is 21.0. The zero-order valence-electron chi connectivity index (χ0n) is 40.3. The molecule has 2 N–H and O–H groups in total. The van der Waals surface area contributed by atoms with Gasteiger partial charge in [-0.25, -0.2) is 4.79 Å². The van der Waals surface area contributed by atoms with E-state index >= 15 is 9.59 Å². The Morgan fingerprint density at radius 3 is 2.25 bits per heavy atom. The first-order chi connectivity index (χ1) is 32.3. The maximum Gasteiger partial charge on any atom is 0.320 e. The maximum atomic E-state index is 15.4. The SMILES string of the molecule is CCCCC1(C(=O)n2ncc3cc(CC(C(=O)N4CCN(C5CCN(C)CC5)CC4)N(CC4C[C@@]4(CCCC)C(=O)O)C(=O)N4CCC(c5cc6ccccc6[nH]c5=O)CC4)cc(C)c32)CC1. The number of para-hydroxylation sites is 1. The number of aromatic nitrogens is 3. The number of likely N-dealkylation sites (tertiary alicyclic amines) is 2. The van der Waals surface area contributed by atoms with E-state index in [2.05, 4.69) is 40.8 Å². The first-order valence-electron chi connectivity index (χ1n) is 25.5. The van der Waals surface area contributed by atoms with Gasteiger partial charge in [0, 0.05) is 74.7 Å². The number of unbranched alkanes of at least 4 members (excludes halogenated alkanes) is 2. The van der Waals surface area contributed by atoms with Crippen molar-refractivity contribution in [1.29, 1.82) is 0 Å². The van der Waals surface area contributed by atoms with E-state index in [9.17, 15) is 19.5 Å². The van der Waals surface area contributed by atoms with Gasteiger partial charge in [0.2, 0.25) is 5.91 Å². The molecule has 2 saturated carbocycles. The number of aryl methyl sites for hydroxylation is 1. The normalized spacial score (nSPS) is 23.1. The van der Waals surface area contributed by atoms with Crippen molar-refractivity contribution in [3.63, 3.8) is 0 Å². The second-order valence-corrected chi connectivity index (χ2v) is 21.0. The van der Waals surface area contributed by atoms with Crippen LogP contribution in [0, 0.1) is 23.7 Å². The minimum Gasteiger partial charge on any atom is -0.481 e. The van der Waals surface area contributed by atoms with Crippen LogP contribution >= 0.6 is 0 Å². The molecule has 2 aromatic carbocycles. The molecule has 3 saturated heterocycles. The van der Waals surface area contributed by atoms with E-state index in [0.29, 0.717) is 57.9 Å². The Morgan fingerprint density at radius 2 is 1.57 bits per heavy atom. The maximum absolute atomic E-state index is 15.4. The number of piperidine rings is 2. The fraction of sp³-hybridized carbons (Fsp3) is 0.623. The lowest BCUT2D eigenvalue weighted by Gasteiger charge is -2.44. The third kappa shape index (κ3) is 9.54. The van der Waals surface area contributed by atoms with Gasteiger partial charge in [-0.2, -0.15) is 9.78 Å². The molecule has 5 heterocycles. The number of amides is 3. The van der Waals surface area contributed by atoms with E-state index in [1.165, 1.54) is 0 Å². The first kappa shape index (κ1) is 47.0. The molecule has 3 amide bonds. The standard InChI is InChI=1S/C53H72N8O6/c1-5-7-17-52(19-20-52)49(64)61-46-36(3)29-37(30-40(46)34-54-61)31-45(48(63)58-27-25-57(26-28-58)42-15-21-56(4)22-16-42)60(35-41-33-53(41,50(65)66)18-8-6-2)51(67)59-23-13-38(14-24-59)43-32-39-11-9-10-12-44(39)55-47(43)62/h9-12,29-30,32,34,38,41-42,45H,5-8,13-28,31,33,35H2,1-4H3,(H,55,62)(H,65,66)/t41?,45?,53-/m1/s1. The Bertz CT molecular complexity index is 2520. The Kier molecular flexibility index (Phi) is 13.7. The van der Waals surface area contributed by atoms with Crippen molar-refractivity contribution < 1.29 is 24.3 Å². The molecular weight excluding hydrogens is 845 g/mol. The lowest BCUT2D eigenvalue weighted by atomic mass is 9.89. The number of benzene rings is 2. The average molecular weight is 917 g/mol. The van der Waals surface area contributed by atoms with Crippen molar-refractivity contribution in [2.45, 2.75) is 129 Å². The molecule has 0 spiro atoms. The van der Waals surface area contributed by atoms with Crippen LogP contribution in [0.25, 0.3) is 21.8 Å². The number of aliphatic carboxylic acids is 1. The summed E-state index contributed by atoms with van der Waals surface area (Å²) in [6.45, 7) is 12.0. The Hall–Kier alpha value is -5.08. The van der Waals surface area contributed by atoms with Gasteiger partial charge in [-0.15, -0.1) is 0 Å². The van der Waals surface area contributed by atoms with Gasteiger partial charge in [-0.3, -0.25) is 24.1 Å². The van der Waals surface area contributed by atoms with Gasteiger partial charge < -0.3 is 29.7 Å². The van der Waals surface area contributed by atoms with Crippen LogP contribution in [0.15, 0.2) is 53.5 Å². The molecule has 5 fully saturated rings. The highest BCUT2D eigenvalue weighted by Gasteiger charge is 2.61. The van der Waals surface area contributed by atoms with Gasteiger partial charge in [0.1, 0.15) is 6.04 Å². The molecule has 0 bridgehead atoms. The van der Waals surface area contributed by atoms with Crippen molar-refractivity contribution >= 4 is 45.6 Å².